The molecule has 1 atom stereocenters. The summed E-state index contributed by atoms with van der Waals surface area (Å²) in [5.74, 6) is 0.208. The van der Waals surface area contributed by atoms with Gasteiger partial charge in [-0.2, -0.15) is 0 Å². The SMILES string of the molecule is COc1ccc(CN2CC(C(=O)Nc3ccccc3N)CC2=O)cc1. The summed E-state index contributed by atoms with van der Waals surface area (Å²) >= 11 is 0. The fraction of sp³-hybridized carbons (Fsp3) is 0.263. The molecular weight excluding hydrogens is 318 g/mol. The molecule has 1 aliphatic heterocycles. The summed E-state index contributed by atoms with van der Waals surface area (Å²) in [6.07, 6.45) is 0.217. The number of carbonyl (C=O) groups excluding carboxylic acids is 2. The van der Waals surface area contributed by atoms with E-state index in [1.165, 1.54) is 0 Å². The topological polar surface area (TPSA) is 84.7 Å². The summed E-state index contributed by atoms with van der Waals surface area (Å²) in [5.41, 5.74) is 7.93. The van der Waals surface area contributed by atoms with Gasteiger partial charge in [0.05, 0.1) is 24.4 Å². The predicted molar refractivity (Wildman–Crippen MR) is 96.0 cm³/mol. The number of benzene rings is 2. The van der Waals surface area contributed by atoms with Crippen molar-refractivity contribution < 1.29 is 14.3 Å². The Morgan fingerprint density at radius 2 is 1.96 bits per heavy atom. The smallest absolute Gasteiger partial charge is 0.229 e. The maximum Gasteiger partial charge on any atom is 0.229 e. The molecule has 3 N–H and O–H groups in total. The molecule has 2 aromatic rings. The van der Waals surface area contributed by atoms with E-state index in [-0.39, 0.29) is 24.2 Å². The van der Waals surface area contributed by atoms with E-state index >= 15 is 0 Å². The molecule has 1 heterocycles. The Kier molecular flexibility index (Phi) is 4.88. The lowest BCUT2D eigenvalue weighted by Crippen LogP contribution is -2.28. The van der Waals surface area contributed by atoms with Crippen LogP contribution in [0.3, 0.4) is 0 Å². The maximum absolute atomic E-state index is 12.4. The first-order valence-corrected chi connectivity index (χ1v) is 8.13. The number of amides is 2. The van der Waals surface area contributed by atoms with Gasteiger partial charge in [-0.15, -0.1) is 0 Å². The van der Waals surface area contributed by atoms with Crippen LogP contribution in [0.1, 0.15) is 12.0 Å². The molecule has 0 aromatic heterocycles. The molecule has 130 valence electrons. The number of anilines is 2. The number of nitrogen functional groups attached to an aromatic ring is 1. The molecule has 0 saturated carbocycles. The van der Waals surface area contributed by atoms with E-state index in [4.69, 9.17) is 10.5 Å². The number of carbonyl (C=O) groups is 2. The van der Waals surface area contributed by atoms with Crippen LogP contribution in [0, 0.1) is 5.92 Å². The summed E-state index contributed by atoms with van der Waals surface area (Å²) in [4.78, 5) is 26.4. The van der Waals surface area contributed by atoms with Crippen LogP contribution >= 0.6 is 0 Å². The number of nitrogens with two attached hydrogens (primary N) is 1. The average Bonchev–Trinajstić information content (AvgIpc) is 2.98. The van der Waals surface area contributed by atoms with Gasteiger partial charge in [-0.3, -0.25) is 9.59 Å². The molecule has 2 aromatic carbocycles. The van der Waals surface area contributed by atoms with Crippen molar-refractivity contribution in [3.05, 3.63) is 54.1 Å². The monoisotopic (exact) mass is 339 g/mol. The molecule has 0 spiro atoms. The third kappa shape index (κ3) is 3.91. The Hall–Kier alpha value is -3.02. The number of methoxy groups -OCH3 is 1. The van der Waals surface area contributed by atoms with Crippen molar-refractivity contribution in [1.29, 1.82) is 0 Å². The van der Waals surface area contributed by atoms with Crippen molar-refractivity contribution in [3.8, 4) is 5.75 Å². The minimum atomic E-state index is -0.370. The quantitative estimate of drug-likeness (QED) is 0.819. The highest BCUT2D eigenvalue weighted by Crippen LogP contribution is 2.24. The Balaban J connectivity index is 1.61. The number of nitrogens with one attached hydrogen (secondary N) is 1. The molecule has 25 heavy (non-hydrogen) atoms. The molecule has 6 nitrogen and oxygen atoms in total. The molecule has 0 aliphatic carbocycles. The number of hydrogen-bond donors (Lipinski definition) is 2. The van der Waals surface area contributed by atoms with E-state index in [1.807, 2.05) is 30.3 Å². The zero-order chi connectivity index (χ0) is 17.8. The molecule has 0 radical (unpaired) electrons. The third-order valence-corrected chi connectivity index (χ3v) is 4.34. The van der Waals surface area contributed by atoms with Gasteiger partial charge in [0.25, 0.3) is 0 Å². The van der Waals surface area contributed by atoms with E-state index in [0.717, 1.165) is 11.3 Å². The lowest BCUT2D eigenvalue weighted by atomic mass is 10.1. The second kappa shape index (κ2) is 7.25. The van der Waals surface area contributed by atoms with Crippen LogP contribution < -0.4 is 15.8 Å². The molecular formula is C19H21N3O3. The standard InChI is InChI=1S/C19H21N3O3/c1-25-15-8-6-13(7-9-15)11-22-12-14(10-18(22)23)19(24)21-17-5-3-2-4-16(17)20/h2-9,14H,10-12,20H2,1H3,(H,21,24). The lowest BCUT2D eigenvalue weighted by Gasteiger charge is -2.17. The Morgan fingerprint density at radius 1 is 1.24 bits per heavy atom. The van der Waals surface area contributed by atoms with Crippen molar-refractivity contribution in [1.82, 2.24) is 4.90 Å². The van der Waals surface area contributed by atoms with Crippen LogP contribution in [0.5, 0.6) is 5.75 Å². The molecule has 1 saturated heterocycles. The normalized spacial score (nSPS) is 16.8. The summed E-state index contributed by atoms with van der Waals surface area (Å²) in [6.45, 7) is 0.892. The van der Waals surface area contributed by atoms with Gasteiger partial charge in [-0.05, 0) is 29.8 Å². The number of hydrogen-bond acceptors (Lipinski definition) is 4. The van der Waals surface area contributed by atoms with Crippen molar-refractivity contribution in [2.75, 3.05) is 24.7 Å². The highest BCUT2D eigenvalue weighted by atomic mass is 16.5. The minimum absolute atomic E-state index is 0.0167. The van der Waals surface area contributed by atoms with Gasteiger partial charge in [0.15, 0.2) is 0 Å². The zero-order valence-electron chi connectivity index (χ0n) is 14.1. The van der Waals surface area contributed by atoms with Crippen molar-refractivity contribution >= 4 is 23.2 Å². The number of para-hydroxylation sites is 2. The van der Waals surface area contributed by atoms with Crippen LogP contribution in [0.2, 0.25) is 0 Å². The number of ether oxygens (including phenoxy) is 1. The van der Waals surface area contributed by atoms with E-state index in [0.29, 0.717) is 24.5 Å². The summed E-state index contributed by atoms with van der Waals surface area (Å²) < 4.78 is 5.13. The fourth-order valence-electron chi connectivity index (χ4n) is 2.90. The largest absolute Gasteiger partial charge is 0.497 e. The second-order valence-corrected chi connectivity index (χ2v) is 6.10. The fourth-order valence-corrected chi connectivity index (χ4v) is 2.90. The van der Waals surface area contributed by atoms with E-state index in [2.05, 4.69) is 5.32 Å². The highest BCUT2D eigenvalue weighted by Gasteiger charge is 2.34. The Bertz CT molecular complexity index is 774. The van der Waals surface area contributed by atoms with E-state index < -0.39 is 0 Å². The van der Waals surface area contributed by atoms with Crippen LogP contribution in [-0.2, 0) is 16.1 Å². The average molecular weight is 339 g/mol. The predicted octanol–water partition coefficient (Wildman–Crippen LogP) is 2.26. The lowest BCUT2D eigenvalue weighted by molar-refractivity contribution is -0.128. The number of nitrogens with zero attached hydrogens (tertiary/aromatic N) is 1. The minimum Gasteiger partial charge on any atom is -0.497 e. The molecule has 0 bridgehead atoms. The van der Waals surface area contributed by atoms with Crippen molar-refractivity contribution in [2.45, 2.75) is 13.0 Å². The van der Waals surface area contributed by atoms with E-state index in [1.54, 1.807) is 30.2 Å². The van der Waals surface area contributed by atoms with Gasteiger partial charge in [0, 0.05) is 19.5 Å². The van der Waals surface area contributed by atoms with Crippen LogP contribution in [0.4, 0.5) is 11.4 Å². The molecule has 6 heteroatoms. The Morgan fingerprint density at radius 3 is 2.64 bits per heavy atom. The van der Waals surface area contributed by atoms with Gasteiger partial charge in [0.1, 0.15) is 5.75 Å². The summed E-state index contributed by atoms with van der Waals surface area (Å²) in [6, 6.07) is 14.7. The van der Waals surface area contributed by atoms with Gasteiger partial charge >= 0.3 is 0 Å². The molecule has 3 rings (SSSR count). The number of likely N-dealkylation sites (tertiary alicyclic amines) is 1. The maximum atomic E-state index is 12.4. The highest BCUT2D eigenvalue weighted by molar-refractivity contribution is 5.99. The van der Waals surface area contributed by atoms with Crippen LogP contribution in [-0.4, -0.2) is 30.4 Å². The van der Waals surface area contributed by atoms with E-state index in [9.17, 15) is 9.59 Å². The van der Waals surface area contributed by atoms with Crippen LogP contribution in [0.15, 0.2) is 48.5 Å². The third-order valence-electron chi connectivity index (χ3n) is 4.34. The van der Waals surface area contributed by atoms with Gasteiger partial charge in [-0.25, -0.2) is 0 Å². The summed E-state index contributed by atoms with van der Waals surface area (Å²) in [7, 11) is 1.61. The van der Waals surface area contributed by atoms with Gasteiger partial charge in [0.2, 0.25) is 11.8 Å². The first kappa shape index (κ1) is 16.8. The zero-order valence-corrected chi connectivity index (χ0v) is 14.1. The molecule has 1 aliphatic rings. The first-order valence-electron chi connectivity index (χ1n) is 8.13. The van der Waals surface area contributed by atoms with Crippen molar-refractivity contribution in [2.24, 2.45) is 5.92 Å². The number of rotatable bonds is 5. The Labute approximate surface area is 146 Å². The van der Waals surface area contributed by atoms with Gasteiger partial charge in [-0.1, -0.05) is 24.3 Å². The second-order valence-electron chi connectivity index (χ2n) is 6.10. The summed E-state index contributed by atoms with van der Waals surface area (Å²) in [5, 5.41) is 2.81. The molecule has 1 fully saturated rings. The van der Waals surface area contributed by atoms with Crippen molar-refractivity contribution in [3.63, 3.8) is 0 Å². The molecule has 1 unspecified atom stereocenters. The first-order chi connectivity index (χ1) is 12.1. The molecule has 2 amide bonds. The van der Waals surface area contributed by atoms with Crippen LogP contribution in [0.25, 0.3) is 0 Å². The van der Waals surface area contributed by atoms with Gasteiger partial charge < -0.3 is 20.7 Å².